The average molecular weight is 242 g/mol. The average Bonchev–Trinajstić information content (AvgIpc) is 2.87. The molecule has 0 amide bonds. The molecule has 1 aliphatic heterocycles. The summed E-state index contributed by atoms with van der Waals surface area (Å²) in [5.41, 5.74) is 8.10. The third kappa shape index (κ3) is 1.66. The molecule has 0 atom stereocenters. The fourth-order valence-electron chi connectivity index (χ4n) is 1.78. The Hall–Kier alpha value is -1.94. The Bertz CT molecular complexity index is 628. The van der Waals surface area contributed by atoms with Crippen molar-refractivity contribution in [3.05, 3.63) is 52.7 Å². The number of Topliss-reactive ketones (excluding diaryl/α,β-unsaturated/α-hetero) is 1. The third-order valence-electron chi connectivity index (χ3n) is 2.66. The SMILES string of the molecule is Nc1ccccc1C=C1Sc2cc[nH]c2C1=O. The van der Waals surface area contributed by atoms with Crippen molar-refractivity contribution in [2.75, 3.05) is 5.73 Å². The second-order valence-corrected chi connectivity index (χ2v) is 4.87. The first-order valence-corrected chi connectivity index (χ1v) is 6.03. The molecule has 0 spiro atoms. The summed E-state index contributed by atoms with van der Waals surface area (Å²) in [5.74, 6) is 0.0400. The van der Waals surface area contributed by atoms with Crippen molar-refractivity contribution >= 4 is 29.3 Å². The highest BCUT2D eigenvalue weighted by atomic mass is 32.2. The number of allylic oxidation sites excluding steroid dienone is 1. The highest BCUT2D eigenvalue weighted by Gasteiger charge is 2.26. The van der Waals surface area contributed by atoms with Crippen LogP contribution >= 0.6 is 11.8 Å². The molecule has 3 N–H and O–H groups in total. The Morgan fingerprint density at radius 2 is 2.06 bits per heavy atom. The summed E-state index contributed by atoms with van der Waals surface area (Å²) in [7, 11) is 0. The summed E-state index contributed by atoms with van der Waals surface area (Å²) < 4.78 is 0. The Morgan fingerprint density at radius 1 is 1.24 bits per heavy atom. The fourth-order valence-corrected chi connectivity index (χ4v) is 2.79. The molecule has 3 rings (SSSR count). The van der Waals surface area contributed by atoms with Crippen LogP contribution in [-0.2, 0) is 0 Å². The summed E-state index contributed by atoms with van der Waals surface area (Å²) in [5, 5.41) is 0. The maximum atomic E-state index is 12.0. The van der Waals surface area contributed by atoms with Crippen LogP contribution in [-0.4, -0.2) is 10.8 Å². The third-order valence-corrected chi connectivity index (χ3v) is 3.75. The normalized spacial score (nSPS) is 16.5. The second-order valence-electron chi connectivity index (χ2n) is 3.79. The molecular formula is C13H10N2OS. The standard InChI is InChI=1S/C13H10N2OS/c14-9-4-2-1-3-8(9)7-11-13(16)12-10(17-11)5-6-15-12/h1-7,15H,14H2. The maximum absolute atomic E-state index is 12.0. The van der Waals surface area contributed by atoms with Gasteiger partial charge in [-0.05, 0) is 23.8 Å². The van der Waals surface area contributed by atoms with Crippen LogP contribution in [0.1, 0.15) is 16.1 Å². The van der Waals surface area contributed by atoms with Gasteiger partial charge >= 0.3 is 0 Å². The zero-order valence-electron chi connectivity index (χ0n) is 8.94. The Balaban J connectivity index is 2.01. The molecule has 1 aromatic carbocycles. The monoisotopic (exact) mass is 242 g/mol. The lowest BCUT2D eigenvalue weighted by Gasteiger charge is -2.00. The first-order valence-electron chi connectivity index (χ1n) is 5.22. The van der Waals surface area contributed by atoms with Gasteiger partial charge in [0.2, 0.25) is 5.78 Å². The lowest BCUT2D eigenvalue weighted by atomic mass is 10.1. The Morgan fingerprint density at radius 3 is 2.82 bits per heavy atom. The summed E-state index contributed by atoms with van der Waals surface area (Å²) in [6, 6.07) is 9.43. The van der Waals surface area contributed by atoms with Gasteiger partial charge in [0.15, 0.2) is 0 Å². The number of thioether (sulfide) groups is 1. The van der Waals surface area contributed by atoms with Crippen LogP contribution in [0.2, 0.25) is 0 Å². The van der Waals surface area contributed by atoms with E-state index in [9.17, 15) is 4.79 Å². The van der Waals surface area contributed by atoms with Gasteiger partial charge in [-0.25, -0.2) is 0 Å². The zero-order valence-corrected chi connectivity index (χ0v) is 9.75. The summed E-state index contributed by atoms with van der Waals surface area (Å²) in [6.45, 7) is 0. The van der Waals surface area contributed by atoms with Crippen molar-refractivity contribution in [3.63, 3.8) is 0 Å². The number of ketones is 1. The molecule has 1 aromatic heterocycles. The van der Waals surface area contributed by atoms with Crippen LogP contribution in [0.25, 0.3) is 6.08 Å². The molecule has 0 saturated carbocycles. The van der Waals surface area contributed by atoms with Crippen LogP contribution in [0.15, 0.2) is 46.3 Å². The van der Waals surface area contributed by atoms with Gasteiger partial charge in [-0.1, -0.05) is 30.0 Å². The van der Waals surface area contributed by atoms with Crippen molar-refractivity contribution < 1.29 is 4.79 Å². The van der Waals surface area contributed by atoms with E-state index in [4.69, 9.17) is 5.73 Å². The predicted octanol–water partition coefficient (Wildman–Crippen LogP) is 2.93. The number of benzene rings is 1. The number of carbonyl (C=O) groups excluding carboxylic acids is 1. The minimum atomic E-state index is 0.0400. The number of fused-ring (bicyclic) bond motifs is 1. The molecule has 0 fully saturated rings. The van der Waals surface area contributed by atoms with Crippen molar-refractivity contribution in [3.8, 4) is 0 Å². The number of H-pyrrole nitrogens is 1. The number of para-hydroxylation sites is 1. The van der Waals surface area contributed by atoms with E-state index in [1.807, 2.05) is 36.4 Å². The second kappa shape index (κ2) is 3.82. The Labute approximate surface area is 103 Å². The van der Waals surface area contributed by atoms with Gasteiger partial charge in [-0.3, -0.25) is 4.79 Å². The molecule has 3 nitrogen and oxygen atoms in total. The molecule has 2 heterocycles. The smallest absolute Gasteiger partial charge is 0.217 e. The minimum Gasteiger partial charge on any atom is -0.398 e. The largest absolute Gasteiger partial charge is 0.398 e. The van der Waals surface area contributed by atoms with Crippen molar-refractivity contribution in [1.29, 1.82) is 0 Å². The molecule has 1 aliphatic rings. The summed E-state index contributed by atoms with van der Waals surface area (Å²) in [4.78, 5) is 16.7. The number of aromatic nitrogens is 1. The molecule has 84 valence electrons. The zero-order chi connectivity index (χ0) is 11.8. The van der Waals surface area contributed by atoms with E-state index in [-0.39, 0.29) is 5.78 Å². The van der Waals surface area contributed by atoms with Gasteiger partial charge < -0.3 is 10.7 Å². The lowest BCUT2D eigenvalue weighted by molar-refractivity contribution is 0.104. The van der Waals surface area contributed by atoms with Crippen LogP contribution in [0.4, 0.5) is 5.69 Å². The number of hydrogen-bond donors (Lipinski definition) is 2. The van der Waals surface area contributed by atoms with Crippen LogP contribution in [0.3, 0.4) is 0 Å². The van der Waals surface area contributed by atoms with Crippen LogP contribution in [0, 0.1) is 0 Å². The number of anilines is 1. The van der Waals surface area contributed by atoms with Crippen molar-refractivity contribution in [1.82, 2.24) is 4.98 Å². The highest BCUT2D eigenvalue weighted by Crippen LogP contribution is 2.40. The van der Waals surface area contributed by atoms with E-state index in [1.54, 1.807) is 6.20 Å². The van der Waals surface area contributed by atoms with Crippen LogP contribution in [0.5, 0.6) is 0 Å². The van der Waals surface area contributed by atoms with E-state index in [2.05, 4.69) is 4.98 Å². The number of aromatic amines is 1. The van der Waals surface area contributed by atoms with Gasteiger partial charge in [0, 0.05) is 16.8 Å². The molecule has 0 aliphatic carbocycles. The summed E-state index contributed by atoms with van der Waals surface area (Å²) >= 11 is 1.48. The minimum absolute atomic E-state index is 0.0400. The number of nitrogens with two attached hydrogens (primary N) is 1. The van der Waals surface area contributed by atoms with E-state index in [1.165, 1.54) is 11.8 Å². The molecule has 0 bridgehead atoms. The van der Waals surface area contributed by atoms with Crippen molar-refractivity contribution in [2.45, 2.75) is 4.90 Å². The summed E-state index contributed by atoms with van der Waals surface area (Å²) in [6.07, 6.45) is 3.62. The topological polar surface area (TPSA) is 58.9 Å². The van der Waals surface area contributed by atoms with E-state index < -0.39 is 0 Å². The number of nitrogen functional groups attached to an aromatic ring is 1. The molecule has 17 heavy (non-hydrogen) atoms. The number of nitrogens with one attached hydrogen (secondary N) is 1. The van der Waals surface area contributed by atoms with Crippen molar-refractivity contribution in [2.24, 2.45) is 0 Å². The predicted molar refractivity (Wildman–Crippen MR) is 69.8 cm³/mol. The first kappa shape index (κ1) is 10.2. The lowest BCUT2D eigenvalue weighted by Crippen LogP contribution is -1.96. The quantitative estimate of drug-likeness (QED) is 0.597. The highest BCUT2D eigenvalue weighted by molar-refractivity contribution is 8.04. The van der Waals surface area contributed by atoms with Gasteiger partial charge in [-0.2, -0.15) is 0 Å². The Kier molecular flexibility index (Phi) is 2.30. The molecular weight excluding hydrogens is 232 g/mol. The van der Waals surface area contributed by atoms with E-state index >= 15 is 0 Å². The fraction of sp³-hybridized carbons (Fsp3) is 0. The first-order chi connectivity index (χ1) is 8.25. The maximum Gasteiger partial charge on any atom is 0.217 e. The molecule has 4 heteroatoms. The van der Waals surface area contributed by atoms with E-state index in [0.29, 0.717) is 16.3 Å². The van der Waals surface area contributed by atoms with E-state index in [0.717, 1.165) is 10.5 Å². The number of hydrogen-bond acceptors (Lipinski definition) is 3. The van der Waals surface area contributed by atoms with Gasteiger partial charge in [0.25, 0.3) is 0 Å². The van der Waals surface area contributed by atoms with Gasteiger partial charge in [0.05, 0.1) is 4.91 Å². The van der Waals surface area contributed by atoms with Gasteiger partial charge in [0.1, 0.15) is 5.69 Å². The number of carbonyl (C=O) groups is 1. The molecule has 0 saturated heterocycles. The van der Waals surface area contributed by atoms with Crippen LogP contribution < -0.4 is 5.73 Å². The molecule has 2 aromatic rings. The molecule has 0 radical (unpaired) electrons. The molecule has 0 unspecified atom stereocenters. The number of rotatable bonds is 1. The van der Waals surface area contributed by atoms with Gasteiger partial charge in [-0.15, -0.1) is 0 Å².